The van der Waals surface area contributed by atoms with E-state index in [4.69, 9.17) is 11.6 Å². The smallest absolute Gasteiger partial charge is 0.250 e. The van der Waals surface area contributed by atoms with Crippen molar-refractivity contribution in [2.75, 3.05) is 0 Å². The molecule has 116 valence electrons. The molecule has 0 bridgehead atoms. The summed E-state index contributed by atoms with van der Waals surface area (Å²) < 4.78 is 14.6. The topological polar surface area (TPSA) is 22.0 Å². The van der Waals surface area contributed by atoms with Gasteiger partial charge in [0.2, 0.25) is 0 Å². The van der Waals surface area contributed by atoms with E-state index in [0.717, 1.165) is 16.7 Å². The molecule has 0 radical (unpaired) electrons. The molecule has 1 heterocycles. The Hall–Kier alpha value is -2.39. The molecule has 0 aliphatic heterocycles. The van der Waals surface area contributed by atoms with Crippen molar-refractivity contribution in [1.29, 1.82) is 0 Å². The number of benzene rings is 2. The molecule has 23 heavy (non-hydrogen) atoms. The average Bonchev–Trinajstić information content (AvgIpc) is 2.55. The summed E-state index contributed by atoms with van der Waals surface area (Å²) in [6.07, 6.45) is 2.50. The van der Waals surface area contributed by atoms with Gasteiger partial charge in [-0.3, -0.25) is 4.79 Å². The second-order valence-electron chi connectivity index (χ2n) is 5.43. The van der Waals surface area contributed by atoms with Crippen LogP contribution in [0, 0.1) is 5.82 Å². The van der Waals surface area contributed by atoms with Gasteiger partial charge in [-0.2, -0.15) is 0 Å². The zero-order valence-corrected chi connectivity index (χ0v) is 13.1. The van der Waals surface area contributed by atoms with Crippen LogP contribution < -0.4 is 5.56 Å². The molecule has 0 amide bonds. The summed E-state index contributed by atoms with van der Waals surface area (Å²) in [5.74, 6) is -0.249. The van der Waals surface area contributed by atoms with Crippen LogP contribution in [0.3, 0.4) is 0 Å². The molecular weight excluding hydrogens is 313 g/mol. The molecule has 0 spiro atoms. The standard InChI is InChI=1S/C19H15ClFNO/c20-17-6-1-15(2-7-17)12-22-13-16(5-10-19(22)23)11-14-3-8-18(21)9-4-14/h1-10,13H,11-12H2. The fourth-order valence-corrected chi connectivity index (χ4v) is 2.56. The molecule has 0 fully saturated rings. The summed E-state index contributed by atoms with van der Waals surface area (Å²) in [7, 11) is 0. The Morgan fingerprint density at radius 2 is 1.43 bits per heavy atom. The van der Waals surface area contributed by atoms with Gasteiger partial charge in [-0.15, -0.1) is 0 Å². The summed E-state index contributed by atoms with van der Waals surface area (Å²) in [6.45, 7) is 0.493. The molecule has 0 unspecified atom stereocenters. The normalized spacial score (nSPS) is 10.7. The van der Waals surface area contributed by atoms with Gasteiger partial charge < -0.3 is 4.57 Å². The third-order valence-electron chi connectivity index (χ3n) is 3.63. The Balaban J connectivity index is 1.82. The summed E-state index contributed by atoms with van der Waals surface area (Å²) in [4.78, 5) is 12.0. The Morgan fingerprint density at radius 1 is 0.826 bits per heavy atom. The van der Waals surface area contributed by atoms with E-state index in [2.05, 4.69) is 0 Å². The maximum atomic E-state index is 13.0. The van der Waals surface area contributed by atoms with Gasteiger partial charge in [0.15, 0.2) is 0 Å². The quantitative estimate of drug-likeness (QED) is 0.701. The van der Waals surface area contributed by atoms with Crippen LogP contribution in [0.5, 0.6) is 0 Å². The van der Waals surface area contributed by atoms with Gasteiger partial charge in [-0.1, -0.05) is 41.9 Å². The average molecular weight is 328 g/mol. The fourth-order valence-electron chi connectivity index (χ4n) is 2.43. The lowest BCUT2D eigenvalue weighted by Crippen LogP contribution is -2.19. The lowest BCUT2D eigenvalue weighted by molar-refractivity contribution is 0.627. The van der Waals surface area contributed by atoms with Crippen LogP contribution in [-0.2, 0) is 13.0 Å². The van der Waals surface area contributed by atoms with Crippen molar-refractivity contribution >= 4 is 11.6 Å². The Labute approximate surface area is 138 Å². The molecule has 0 saturated carbocycles. The molecule has 0 aliphatic rings. The zero-order valence-electron chi connectivity index (χ0n) is 12.4. The number of aromatic nitrogens is 1. The van der Waals surface area contributed by atoms with Crippen molar-refractivity contribution in [3.63, 3.8) is 0 Å². The molecule has 4 heteroatoms. The molecule has 2 aromatic carbocycles. The van der Waals surface area contributed by atoms with Crippen molar-refractivity contribution in [1.82, 2.24) is 4.57 Å². The second kappa shape index (κ2) is 6.80. The summed E-state index contributed by atoms with van der Waals surface area (Å²) >= 11 is 5.88. The number of hydrogen-bond acceptors (Lipinski definition) is 1. The lowest BCUT2D eigenvalue weighted by Gasteiger charge is -2.09. The largest absolute Gasteiger partial charge is 0.311 e. The first-order chi connectivity index (χ1) is 11.1. The molecule has 0 atom stereocenters. The van der Waals surface area contributed by atoms with Crippen molar-refractivity contribution in [2.45, 2.75) is 13.0 Å². The van der Waals surface area contributed by atoms with Gasteiger partial charge in [0, 0.05) is 17.3 Å². The van der Waals surface area contributed by atoms with Gasteiger partial charge in [-0.05, 0) is 47.4 Å². The Bertz CT molecular complexity index is 854. The van der Waals surface area contributed by atoms with Gasteiger partial charge in [-0.25, -0.2) is 4.39 Å². The van der Waals surface area contributed by atoms with E-state index in [-0.39, 0.29) is 11.4 Å². The van der Waals surface area contributed by atoms with Crippen LogP contribution in [0.25, 0.3) is 0 Å². The van der Waals surface area contributed by atoms with Crippen molar-refractivity contribution in [2.24, 2.45) is 0 Å². The minimum atomic E-state index is -0.249. The minimum absolute atomic E-state index is 0.0530. The first-order valence-corrected chi connectivity index (χ1v) is 7.66. The van der Waals surface area contributed by atoms with Crippen molar-refractivity contribution in [3.05, 3.63) is 105 Å². The number of halogens is 2. The first-order valence-electron chi connectivity index (χ1n) is 7.28. The second-order valence-corrected chi connectivity index (χ2v) is 5.87. The molecular formula is C19H15ClFNO. The minimum Gasteiger partial charge on any atom is -0.311 e. The lowest BCUT2D eigenvalue weighted by atomic mass is 10.1. The SMILES string of the molecule is O=c1ccc(Cc2ccc(F)cc2)cn1Cc1ccc(Cl)cc1. The van der Waals surface area contributed by atoms with E-state index in [9.17, 15) is 9.18 Å². The number of hydrogen-bond donors (Lipinski definition) is 0. The van der Waals surface area contributed by atoms with Crippen LogP contribution in [0.4, 0.5) is 4.39 Å². The summed E-state index contributed by atoms with van der Waals surface area (Å²) in [5, 5.41) is 0.672. The van der Waals surface area contributed by atoms with E-state index < -0.39 is 0 Å². The van der Waals surface area contributed by atoms with E-state index in [1.54, 1.807) is 22.8 Å². The highest BCUT2D eigenvalue weighted by molar-refractivity contribution is 6.30. The highest BCUT2D eigenvalue weighted by Gasteiger charge is 2.02. The molecule has 0 saturated heterocycles. The number of rotatable bonds is 4. The van der Waals surface area contributed by atoms with E-state index in [1.807, 2.05) is 36.5 Å². The third-order valence-corrected chi connectivity index (χ3v) is 3.88. The van der Waals surface area contributed by atoms with Crippen molar-refractivity contribution in [3.8, 4) is 0 Å². The monoisotopic (exact) mass is 327 g/mol. The predicted molar refractivity (Wildman–Crippen MR) is 90.5 cm³/mol. The van der Waals surface area contributed by atoms with Crippen LogP contribution in [-0.4, -0.2) is 4.57 Å². The van der Waals surface area contributed by atoms with Gasteiger partial charge in [0.1, 0.15) is 5.82 Å². The number of nitrogens with zero attached hydrogens (tertiary/aromatic N) is 1. The van der Waals surface area contributed by atoms with Gasteiger partial charge in [0.05, 0.1) is 6.54 Å². The van der Waals surface area contributed by atoms with Crippen LogP contribution in [0.1, 0.15) is 16.7 Å². The highest BCUT2D eigenvalue weighted by Crippen LogP contribution is 2.12. The first kappa shape index (κ1) is 15.5. The zero-order chi connectivity index (χ0) is 16.2. The molecule has 2 nitrogen and oxygen atoms in total. The summed E-state index contributed by atoms with van der Waals surface area (Å²) in [5.41, 5.74) is 2.96. The predicted octanol–water partition coefficient (Wildman–Crippen LogP) is 4.28. The van der Waals surface area contributed by atoms with E-state index in [1.165, 1.54) is 12.1 Å². The third kappa shape index (κ3) is 4.08. The molecule has 3 rings (SSSR count). The molecule has 1 aromatic heterocycles. The van der Waals surface area contributed by atoms with E-state index >= 15 is 0 Å². The van der Waals surface area contributed by atoms with Crippen LogP contribution >= 0.6 is 11.6 Å². The fraction of sp³-hybridized carbons (Fsp3) is 0.105. The van der Waals surface area contributed by atoms with Gasteiger partial charge >= 0.3 is 0 Å². The maximum absolute atomic E-state index is 13.0. The van der Waals surface area contributed by atoms with Crippen LogP contribution in [0.2, 0.25) is 5.02 Å². The van der Waals surface area contributed by atoms with Crippen LogP contribution in [0.15, 0.2) is 71.7 Å². The molecule has 0 N–H and O–H groups in total. The Kier molecular flexibility index (Phi) is 4.58. The Morgan fingerprint density at radius 3 is 2.13 bits per heavy atom. The van der Waals surface area contributed by atoms with E-state index in [0.29, 0.717) is 18.0 Å². The summed E-state index contributed by atoms with van der Waals surface area (Å²) in [6, 6.07) is 17.2. The molecule has 0 aliphatic carbocycles. The van der Waals surface area contributed by atoms with Gasteiger partial charge in [0.25, 0.3) is 5.56 Å². The van der Waals surface area contributed by atoms with Crippen molar-refractivity contribution < 1.29 is 4.39 Å². The molecule has 3 aromatic rings. The highest BCUT2D eigenvalue weighted by atomic mass is 35.5. The number of pyridine rings is 1. The maximum Gasteiger partial charge on any atom is 0.250 e.